The molecule has 0 saturated carbocycles. The second-order valence-electron chi connectivity index (χ2n) is 2.69. The number of benzene rings is 1. The normalized spacial score (nSPS) is 9.81. The van der Waals surface area contributed by atoms with Crippen LogP contribution in [-0.4, -0.2) is 8.75 Å². The number of aromatic nitrogens is 2. The summed E-state index contributed by atoms with van der Waals surface area (Å²) in [6.45, 7) is 0. The Labute approximate surface area is 99.2 Å². The van der Waals surface area contributed by atoms with Crippen LogP contribution in [0.25, 0.3) is 0 Å². The van der Waals surface area contributed by atoms with Gasteiger partial charge in [-0.2, -0.15) is 9.64 Å². The molecule has 4 nitrogen and oxygen atoms in total. The van der Waals surface area contributed by atoms with Gasteiger partial charge in [0.15, 0.2) is 0 Å². The summed E-state index contributed by atoms with van der Waals surface area (Å²) in [5.74, 6) is -0.523. The van der Waals surface area contributed by atoms with Gasteiger partial charge in [-0.3, -0.25) is 0 Å². The van der Waals surface area contributed by atoms with Crippen molar-refractivity contribution in [3.63, 3.8) is 0 Å². The van der Waals surface area contributed by atoms with Gasteiger partial charge in [0.1, 0.15) is 23.2 Å². The van der Waals surface area contributed by atoms with Gasteiger partial charge in [0.25, 0.3) is 5.88 Å². The third-order valence-corrected chi connectivity index (χ3v) is 2.57. The molecule has 0 radical (unpaired) electrons. The second kappa shape index (κ2) is 4.43. The van der Waals surface area contributed by atoms with E-state index in [0.29, 0.717) is 0 Å². The molecular weight excluding hydrogens is 253 g/mol. The van der Waals surface area contributed by atoms with Crippen molar-refractivity contribution in [3.05, 3.63) is 34.7 Å². The molecule has 2 aromatic rings. The fourth-order valence-electron chi connectivity index (χ4n) is 1.03. The van der Waals surface area contributed by atoms with Crippen molar-refractivity contribution in [1.29, 1.82) is 5.26 Å². The Bertz CT molecular complexity index is 566. The van der Waals surface area contributed by atoms with E-state index >= 15 is 0 Å². The van der Waals surface area contributed by atoms with Crippen LogP contribution in [0.2, 0.25) is 5.15 Å². The molecule has 16 heavy (non-hydrogen) atoms. The molecule has 0 amide bonds. The van der Waals surface area contributed by atoms with Gasteiger partial charge >= 0.3 is 0 Å². The van der Waals surface area contributed by atoms with Crippen LogP contribution in [0, 0.1) is 17.1 Å². The summed E-state index contributed by atoms with van der Waals surface area (Å²) in [7, 11) is 0. The zero-order chi connectivity index (χ0) is 11.5. The summed E-state index contributed by atoms with van der Waals surface area (Å²) < 4.78 is 25.9. The Hall–Kier alpha value is -1.71. The van der Waals surface area contributed by atoms with Crippen LogP contribution in [0.3, 0.4) is 0 Å². The van der Waals surface area contributed by atoms with E-state index in [0.717, 1.165) is 11.7 Å². The van der Waals surface area contributed by atoms with Crippen molar-refractivity contribution in [2.45, 2.75) is 0 Å². The predicted octanol–water partition coefficient (Wildman–Crippen LogP) is 2.99. The molecule has 1 heterocycles. The van der Waals surface area contributed by atoms with Crippen LogP contribution in [0.5, 0.6) is 11.6 Å². The Morgan fingerprint density at radius 2 is 2.25 bits per heavy atom. The van der Waals surface area contributed by atoms with E-state index in [9.17, 15) is 4.39 Å². The topological polar surface area (TPSA) is 58.8 Å². The van der Waals surface area contributed by atoms with Crippen molar-refractivity contribution in [2.24, 2.45) is 0 Å². The van der Waals surface area contributed by atoms with Gasteiger partial charge in [-0.25, -0.2) is 4.39 Å². The summed E-state index contributed by atoms with van der Waals surface area (Å²) in [5.41, 5.74) is -0.188. The monoisotopic (exact) mass is 255 g/mol. The van der Waals surface area contributed by atoms with Gasteiger partial charge < -0.3 is 4.74 Å². The number of ether oxygens (including phenoxy) is 1. The van der Waals surface area contributed by atoms with Crippen molar-refractivity contribution in [3.8, 4) is 17.7 Å². The fourth-order valence-corrected chi connectivity index (χ4v) is 1.64. The first-order valence-electron chi connectivity index (χ1n) is 4.07. The third-order valence-electron chi connectivity index (χ3n) is 1.72. The quantitative estimate of drug-likeness (QED) is 0.828. The average molecular weight is 256 g/mol. The third kappa shape index (κ3) is 1.96. The van der Waals surface area contributed by atoms with Gasteiger partial charge in [-0.1, -0.05) is 17.7 Å². The Morgan fingerprint density at radius 3 is 2.88 bits per heavy atom. The highest BCUT2D eigenvalue weighted by atomic mass is 35.5. The minimum Gasteiger partial charge on any atom is -0.434 e. The molecule has 0 N–H and O–H groups in total. The molecule has 7 heteroatoms. The summed E-state index contributed by atoms with van der Waals surface area (Å²) in [4.78, 5) is 0. The largest absolute Gasteiger partial charge is 0.434 e. The van der Waals surface area contributed by atoms with Crippen LogP contribution in [0.4, 0.5) is 4.39 Å². The van der Waals surface area contributed by atoms with E-state index in [1.165, 1.54) is 18.2 Å². The van der Waals surface area contributed by atoms with Gasteiger partial charge in [-0.15, -0.1) is 4.37 Å². The predicted molar refractivity (Wildman–Crippen MR) is 56.1 cm³/mol. The zero-order valence-electron chi connectivity index (χ0n) is 7.65. The van der Waals surface area contributed by atoms with Crippen LogP contribution < -0.4 is 4.74 Å². The highest BCUT2D eigenvalue weighted by Gasteiger charge is 2.13. The molecule has 2 rings (SSSR count). The first kappa shape index (κ1) is 10.8. The molecule has 1 aromatic heterocycles. The molecule has 0 saturated heterocycles. The number of halogens is 2. The van der Waals surface area contributed by atoms with Crippen LogP contribution in [0.1, 0.15) is 5.56 Å². The SMILES string of the molecule is N#Cc1c(F)cccc1Oc1nsnc1Cl. The molecule has 0 unspecified atom stereocenters. The lowest BCUT2D eigenvalue weighted by atomic mass is 10.2. The lowest BCUT2D eigenvalue weighted by Gasteiger charge is -2.04. The summed E-state index contributed by atoms with van der Waals surface area (Å²) in [6.07, 6.45) is 0. The highest BCUT2D eigenvalue weighted by molar-refractivity contribution is 6.99. The van der Waals surface area contributed by atoms with Crippen LogP contribution >= 0.6 is 23.3 Å². The van der Waals surface area contributed by atoms with Crippen LogP contribution in [-0.2, 0) is 0 Å². The highest BCUT2D eigenvalue weighted by Crippen LogP contribution is 2.29. The lowest BCUT2D eigenvalue weighted by molar-refractivity contribution is 0.461. The Balaban J connectivity index is 2.40. The summed E-state index contributed by atoms with van der Waals surface area (Å²) in [5, 5.41) is 8.84. The maximum atomic E-state index is 13.2. The second-order valence-corrected chi connectivity index (χ2v) is 3.57. The fraction of sp³-hybridized carbons (Fsp3) is 0. The summed E-state index contributed by atoms with van der Waals surface area (Å²) >= 11 is 6.53. The standard InChI is InChI=1S/C9H3ClFN3OS/c10-8-9(14-16-13-8)15-7-3-1-2-6(11)5(7)4-12/h1-3H. The minimum atomic E-state index is -0.653. The van der Waals surface area contributed by atoms with Crippen LogP contribution in [0.15, 0.2) is 18.2 Å². The van der Waals surface area contributed by atoms with E-state index < -0.39 is 5.82 Å². The number of rotatable bonds is 2. The maximum Gasteiger partial charge on any atom is 0.270 e. The molecule has 80 valence electrons. The number of nitriles is 1. The number of hydrogen-bond donors (Lipinski definition) is 0. The van der Waals surface area contributed by atoms with E-state index in [2.05, 4.69) is 8.75 Å². The molecule has 0 aliphatic heterocycles. The van der Waals surface area contributed by atoms with Crippen molar-refractivity contribution >= 4 is 23.3 Å². The van der Waals surface area contributed by atoms with Crippen molar-refractivity contribution in [2.75, 3.05) is 0 Å². The van der Waals surface area contributed by atoms with Gasteiger partial charge in [0.05, 0.1) is 11.7 Å². The summed E-state index contributed by atoms with van der Waals surface area (Å²) in [6, 6.07) is 5.77. The minimum absolute atomic E-state index is 0.0637. The average Bonchev–Trinajstić information content (AvgIpc) is 2.65. The Kier molecular flexibility index (Phi) is 2.99. The molecule has 0 bridgehead atoms. The molecule has 0 aliphatic carbocycles. The molecule has 0 atom stereocenters. The van der Waals surface area contributed by atoms with E-state index in [-0.39, 0.29) is 22.3 Å². The van der Waals surface area contributed by atoms with Crippen molar-refractivity contribution < 1.29 is 9.13 Å². The van der Waals surface area contributed by atoms with E-state index in [4.69, 9.17) is 21.6 Å². The zero-order valence-corrected chi connectivity index (χ0v) is 9.22. The first-order valence-corrected chi connectivity index (χ1v) is 5.17. The maximum absolute atomic E-state index is 13.2. The smallest absolute Gasteiger partial charge is 0.270 e. The molecule has 0 spiro atoms. The number of hydrogen-bond acceptors (Lipinski definition) is 5. The molecule has 1 aromatic carbocycles. The molecular formula is C9H3ClFN3OS. The Morgan fingerprint density at radius 1 is 1.44 bits per heavy atom. The van der Waals surface area contributed by atoms with Crippen molar-refractivity contribution in [1.82, 2.24) is 8.75 Å². The van der Waals surface area contributed by atoms with Gasteiger partial charge in [-0.05, 0) is 12.1 Å². The van der Waals surface area contributed by atoms with E-state index in [1.807, 2.05) is 0 Å². The lowest BCUT2D eigenvalue weighted by Crippen LogP contribution is -1.91. The number of nitrogens with zero attached hydrogens (tertiary/aromatic N) is 3. The van der Waals surface area contributed by atoms with E-state index in [1.54, 1.807) is 6.07 Å². The first-order chi connectivity index (χ1) is 7.72. The molecule has 0 aliphatic rings. The molecule has 0 fully saturated rings. The van der Waals surface area contributed by atoms with Gasteiger partial charge in [0.2, 0.25) is 5.15 Å². The van der Waals surface area contributed by atoms with Gasteiger partial charge in [0, 0.05) is 0 Å².